The Bertz CT molecular complexity index is 2080. The van der Waals surface area contributed by atoms with E-state index in [4.69, 9.17) is 11.6 Å². The van der Waals surface area contributed by atoms with Crippen LogP contribution in [0.15, 0.2) is 121 Å². The molecular formula is C40H29ClINO5. The number of imide groups is 1. The third-order valence-electron chi connectivity index (χ3n) is 10.8. The highest BCUT2D eigenvalue weighted by Crippen LogP contribution is 2.64. The summed E-state index contributed by atoms with van der Waals surface area (Å²) in [6.45, 7) is 0. The number of aromatic hydroxyl groups is 1. The first-order valence-electron chi connectivity index (χ1n) is 15.9. The number of carbonyl (C=O) groups is 4. The van der Waals surface area contributed by atoms with E-state index in [1.54, 1.807) is 24.3 Å². The van der Waals surface area contributed by atoms with Gasteiger partial charge in [-0.1, -0.05) is 83.9 Å². The molecule has 0 unspecified atom stereocenters. The Morgan fingerprint density at radius 3 is 2.21 bits per heavy atom. The number of hydrogen-bond donors (Lipinski definition) is 1. The fourth-order valence-electron chi connectivity index (χ4n) is 8.82. The Kier molecular flexibility index (Phi) is 7.53. The molecule has 0 aromatic heterocycles. The molecule has 6 nitrogen and oxygen atoms in total. The number of carbonyl (C=O) groups excluding carboxylic acids is 4. The van der Waals surface area contributed by atoms with Crippen LogP contribution in [0.2, 0.25) is 5.02 Å². The number of halogens is 2. The van der Waals surface area contributed by atoms with Crippen molar-refractivity contribution in [3.63, 3.8) is 0 Å². The van der Waals surface area contributed by atoms with E-state index in [1.165, 1.54) is 17.0 Å². The maximum Gasteiger partial charge on any atom is 0.238 e. The highest BCUT2D eigenvalue weighted by atomic mass is 127. The molecule has 0 bridgehead atoms. The lowest BCUT2D eigenvalue weighted by molar-refractivity contribution is -0.135. The largest absolute Gasteiger partial charge is 0.508 e. The van der Waals surface area contributed by atoms with Gasteiger partial charge in [0, 0.05) is 31.6 Å². The molecule has 3 aliphatic carbocycles. The lowest BCUT2D eigenvalue weighted by Gasteiger charge is -2.55. The second kappa shape index (κ2) is 11.7. The van der Waals surface area contributed by atoms with Gasteiger partial charge in [0.2, 0.25) is 11.8 Å². The third-order valence-corrected chi connectivity index (χ3v) is 11.7. The van der Waals surface area contributed by atoms with Gasteiger partial charge >= 0.3 is 0 Å². The van der Waals surface area contributed by atoms with E-state index in [0.717, 1.165) is 9.14 Å². The number of nitrogens with zero attached hydrogens (tertiary/aromatic N) is 1. The summed E-state index contributed by atoms with van der Waals surface area (Å²) in [4.78, 5) is 59.7. The maximum absolute atomic E-state index is 15.0. The van der Waals surface area contributed by atoms with Crippen LogP contribution in [-0.4, -0.2) is 28.5 Å². The van der Waals surface area contributed by atoms with Crippen molar-refractivity contribution in [2.45, 2.75) is 24.2 Å². The topological polar surface area (TPSA) is 91.8 Å². The Labute approximate surface area is 296 Å². The highest BCUT2D eigenvalue weighted by molar-refractivity contribution is 14.1. The van der Waals surface area contributed by atoms with Crippen LogP contribution in [-0.2, 0) is 24.6 Å². The van der Waals surface area contributed by atoms with Gasteiger partial charge in [-0.15, -0.1) is 0 Å². The predicted molar refractivity (Wildman–Crippen MR) is 191 cm³/mol. The van der Waals surface area contributed by atoms with Crippen molar-refractivity contribution in [1.29, 1.82) is 0 Å². The van der Waals surface area contributed by atoms with Gasteiger partial charge in [-0.2, -0.15) is 0 Å². The zero-order valence-electron chi connectivity index (χ0n) is 25.6. The number of amides is 2. The van der Waals surface area contributed by atoms with Gasteiger partial charge in [-0.25, -0.2) is 0 Å². The number of rotatable bonds is 4. The van der Waals surface area contributed by atoms with E-state index < -0.39 is 35.0 Å². The number of ketones is 2. The molecule has 238 valence electrons. The van der Waals surface area contributed by atoms with Crippen LogP contribution >= 0.6 is 34.2 Å². The van der Waals surface area contributed by atoms with Gasteiger partial charge in [0.1, 0.15) is 5.75 Å². The Morgan fingerprint density at radius 2 is 1.50 bits per heavy atom. The SMILES string of the molecule is O=C1C(c2ccccc2)=CC(=O)[C@@]2(c3ccccc3)[C@@H](c3cc(Cl)ccc3O)C3=CC[C@@H]4C(=O)N(c5ccc(I)cc5)C(=O)[C@@H]4[C@@H]3C[C@@H]12. The zero-order chi connectivity index (χ0) is 33.3. The number of benzene rings is 4. The number of Topliss-reactive ketones (excluding diaryl/α,β-unsaturated/α-hetero) is 1. The van der Waals surface area contributed by atoms with Crippen molar-refractivity contribution in [2.24, 2.45) is 23.7 Å². The second-order valence-corrected chi connectivity index (χ2v) is 14.7. The number of hydrogen-bond acceptors (Lipinski definition) is 5. The van der Waals surface area contributed by atoms with Crippen LogP contribution in [0, 0.1) is 27.2 Å². The Balaban J connectivity index is 1.37. The van der Waals surface area contributed by atoms with Crippen molar-refractivity contribution in [2.75, 3.05) is 4.90 Å². The number of phenolic OH excluding ortho intramolecular Hbond substituents is 1. The molecule has 1 saturated heterocycles. The third kappa shape index (κ3) is 4.50. The van der Waals surface area contributed by atoms with E-state index in [9.17, 15) is 19.5 Å². The molecule has 0 radical (unpaired) electrons. The van der Waals surface area contributed by atoms with E-state index in [-0.39, 0.29) is 35.6 Å². The molecule has 8 rings (SSSR count). The first-order valence-corrected chi connectivity index (χ1v) is 17.4. The van der Waals surface area contributed by atoms with Gasteiger partial charge in [0.15, 0.2) is 11.6 Å². The van der Waals surface area contributed by atoms with Crippen molar-refractivity contribution in [3.8, 4) is 5.75 Å². The number of phenols is 1. The van der Waals surface area contributed by atoms with E-state index in [2.05, 4.69) is 22.6 Å². The summed E-state index contributed by atoms with van der Waals surface area (Å²) in [5, 5.41) is 11.8. The summed E-state index contributed by atoms with van der Waals surface area (Å²) < 4.78 is 0.980. The average Bonchev–Trinajstić information content (AvgIpc) is 3.36. The molecule has 2 fully saturated rings. The molecule has 4 aliphatic rings. The minimum atomic E-state index is -1.44. The number of anilines is 1. The first-order chi connectivity index (χ1) is 23.2. The molecule has 1 heterocycles. The summed E-state index contributed by atoms with van der Waals surface area (Å²) in [5.41, 5.74) is 1.87. The molecule has 1 aliphatic heterocycles. The zero-order valence-corrected chi connectivity index (χ0v) is 28.5. The van der Waals surface area contributed by atoms with Gasteiger partial charge in [0.25, 0.3) is 0 Å². The summed E-state index contributed by atoms with van der Waals surface area (Å²) in [5.74, 6) is -4.70. The molecule has 1 saturated carbocycles. The van der Waals surface area contributed by atoms with Gasteiger partial charge in [-0.3, -0.25) is 24.1 Å². The Hall–Kier alpha value is -4.34. The molecular weight excluding hydrogens is 737 g/mol. The molecule has 2 amide bonds. The quantitative estimate of drug-likeness (QED) is 0.131. The van der Waals surface area contributed by atoms with Gasteiger partial charge in [-0.05, 0) is 101 Å². The van der Waals surface area contributed by atoms with Crippen molar-refractivity contribution >= 4 is 68.8 Å². The highest BCUT2D eigenvalue weighted by Gasteiger charge is 2.66. The van der Waals surface area contributed by atoms with Gasteiger partial charge < -0.3 is 5.11 Å². The fraction of sp³-hybridized carbons (Fsp3) is 0.200. The lowest BCUT2D eigenvalue weighted by Crippen LogP contribution is -2.58. The summed E-state index contributed by atoms with van der Waals surface area (Å²) in [6, 6.07) is 30.4. The average molecular weight is 766 g/mol. The summed E-state index contributed by atoms with van der Waals surface area (Å²) >= 11 is 8.76. The number of fused-ring (bicyclic) bond motifs is 4. The minimum Gasteiger partial charge on any atom is -0.508 e. The molecule has 8 heteroatoms. The molecule has 48 heavy (non-hydrogen) atoms. The van der Waals surface area contributed by atoms with Crippen LogP contribution in [0.1, 0.15) is 35.4 Å². The van der Waals surface area contributed by atoms with Crippen LogP contribution in [0.4, 0.5) is 5.69 Å². The van der Waals surface area contributed by atoms with E-state index in [0.29, 0.717) is 39.4 Å². The standard InChI is InChI=1S/C40H29ClINO5/c41-24-11-18-33(44)31(19-24)36-27-16-17-28-35(39(48)43(38(28)47)26-14-12-25(42)13-15-26)30(27)20-32-37(46)29(22-7-3-1-4-8-22)21-34(45)40(32,36)23-9-5-2-6-10-23/h1-16,18-19,21,28,30,32,35-36,44H,17,20H2/t28-,30+,32-,35-,36+,40-/m0/s1. The van der Waals surface area contributed by atoms with Crippen molar-refractivity contribution in [3.05, 3.63) is 146 Å². The smallest absolute Gasteiger partial charge is 0.238 e. The summed E-state index contributed by atoms with van der Waals surface area (Å²) in [6.07, 6.45) is 3.93. The van der Waals surface area contributed by atoms with E-state index in [1.807, 2.05) is 78.9 Å². The molecule has 6 atom stereocenters. The van der Waals surface area contributed by atoms with Crippen molar-refractivity contribution < 1.29 is 24.3 Å². The monoisotopic (exact) mass is 765 g/mol. The van der Waals surface area contributed by atoms with E-state index >= 15 is 4.79 Å². The first kappa shape index (κ1) is 31.0. The van der Waals surface area contributed by atoms with Gasteiger partial charge in [0.05, 0.1) is 22.9 Å². The second-order valence-electron chi connectivity index (χ2n) is 13.0. The maximum atomic E-state index is 15.0. The lowest BCUT2D eigenvalue weighted by atomic mass is 9.44. The van der Waals surface area contributed by atoms with Crippen molar-refractivity contribution in [1.82, 2.24) is 0 Å². The summed E-state index contributed by atoms with van der Waals surface area (Å²) in [7, 11) is 0. The fourth-order valence-corrected chi connectivity index (χ4v) is 9.36. The normalized spacial score (nSPS) is 28.0. The van der Waals surface area contributed by atoms with Crippen LogP contribution < -0.4 is 4.90 Å². The molecule has 4 aromatic carbocycles. The Morgan fingerprint density at radius 1 is 0.812 bits per heavy atom. The van der Waals surface area contributed by atoms with Crippen LogP contribution in [0.25, 0.3) is 5.57 Å². The minimum absolute atomic E-state index is 0.0606. The molecule has 0 spiro atoms. The van der Waals surface area contributed by atoms with Crippen LogP contribution in [0.5, 0.6) is 5.75 Å². The van der Waals surface area contributed by atoms with Crippen LogP contribution in [0.3, 0.4) is 0 Å². The number of allylic oxidation sites excluding steroid dienone is 4. The predicted octanol–water partition coefficient (Wildman–Crippen LogP) is 7.68. The molecule has 1 N–H and O–H groups in total. The molecule has 4 aromatic rings.